The Bertz CT molecular complexity index is 1070. The first-order valence-electron chi connectivity index (χ1n) is 11.6. The number of rotatable bonds is 5. The van der Waals surface area contributed by atoms with E-state index >= 15 is 0 Å². The quantitative estimate of drug-likeness (QED) is 0.446. The van der Waals surface area contributed by atoms with Crippen LogP contribution in [0.5, 0.6) is 0 Å². The summed E-state index contributed by atoms with van der Waals surface area (Å²) in [5.74, 6) is 0.114. The number of ketones is 1. The molecule has 0 N–H and O–H groups in total. The van der Waals surface area contributed by atoms with Gasteiger partial charge in [0.1, 0.15) is 0 Å². The fourth-order valence-corrected chi connectivity index (χ4v) is 9.85. The van der Waals surface area contributed by atoms with Gasteiger partial charge in [-0.15, -0.1) is 0 Å². The minimum Gasteiger partial charge on any atom is -0.409 e. The van der Waals surface area contributed by atoms with E-state index in [4.69, 9.17) is 4.43 Å². The van der Waals surface area contributed by atoms with Gasteiger partial charge in [-0.2, -0.15) is 0 Å². The van der Waals surface area contributed by atoms with Crippen LogP contribution in [-0.4, -0.2) is 36.7 Å². The van der Waals surface area contributed by atoms with Gasteiger partial charge < -0.3 is 4.43 Å². The minimum atomic E-state index is -3.79. The van der Waals surface area contributed by atoms with E-state index < -0.39 is 32.3 Å². The molecule has 0 aromatic heterocycles. The molecule has 0 fully saturated rings. The Morgan fingerprint density at radius 1 is 0.969 bits per heavy atom. The average Bonchev–Trinajstić information content (AvgIpc) is 2.87. The summed E-state index contributed by atoms with van der Waals surface area (Å²) in [6.45, 7) is 17.4. The van der Waals surface area contributed by atoms with Crippen LogP contribution < -0.4 is 0 Å². The van der Waals surface area contributed by atoms with Crippen molar-refractivity contribution in [1.82, 2.24) is 0 Å². The van der Waals surface area contributed by atoms with Crippen LogP contribution in [0.2, 0.25) is 37.8 Å². The molecule has 2 aliphatic rings. The Kier molecular flexibility index (Phi) is 6.72. The van der Waals surface area contributed by atoms with Crippen LogP contribution in [0.4, 0.5) is 0 Å². The molecule has 0 saturated heterocycles. The van der Waals surface area contributed by atoms with E-state index in [1.807, 2.05) is 6.07 Å². The van der Waals surface area contributed by atoms with Crippen molar-refractivity contribution in [3.05, 3.63) is 51.6 Å². The van der Waals surface area contributed by atoms with Gasteiger partial charge in [0.2, 0.25) is 9.84 Å². The lowest BCUT2D eigenvalue weighted by atomic mass is 10.1. The molecule has 3 rings (SSSR count). The molecule has 1 aromatic rings. The maximum absolute atomic E-state index is 14.0. The smallest absolute Gasteiger partial charge is 0.205 e. The van der Waals surface area contributed by atoms with Gasteiger partial charge in [-0.25, -0.2) is 8.42 Å². The molecule has 1 aromatic carbocycles. The molecule has 32 heavy (non-hydrogen) atoms. The van der Waals surface area contributed by atoms with E-state index in [-0.39, 0.29) is 22.1 Å². The number of benzene rings is 1. The summed E-state index contributed by atoms with van der Waals surface area (Å²) in [6, 6.07) is 8.62. The SMILES string of the molecule is CC(C)(C)[Si](C)(C)OC1CCCC2=C([Si](C)(C)C)C(=O)CC2=C1S(=O)(=O)c1ccccc1. The highest BCUT2D eigenvalue weighted by Crippen LogP contribution is 2.47. The molecule has 0 aliphatic heterocycles. The molecule has 0 heterocycles. The average molecular weight is 491 g/mol. The molecule has 0 bridgehead atoms. The van der Waals surface area contributed by atoms with Gasteiger partial charge in [-0.05, 0) is 65.9 Å². The topological polar surface area (TPSA) is 60.4 Å². The predicted octanol–water partition coefficient (Wildman–Crippen LogP) is 6.44. The number of sulfone groups is 1. The van der Waals surface area contributed by atoms with Crippen molar-refractivity contribution in [1.29, 1.82) is 0 Å². The summed E-state index contributed by atoms with van der Waals surface area (Å²) in [5.41, 5.74) is 1.74. The number of hydrogen-bond acceptors (Lipinski definition) is 4. The van der Waals surface area contributed by atoms with Gasteiger partial charge in [0, 0.05) is 6.42 Å². The molecule has 0 amide bonds. The zero-order valence-electron chi connectivity index (χ0n) is 20.8. The van der Waals surface area contributed by atoms with Crippen molar-refractivity contribution in [2.75, 3.05) is 0 Å². The first kappa shape index (κ1) is 25.3. The van der Waals surface area contributed by atoms with Gasteiger partial charge in [-0.3, -0.25) is 4.79 Å². The van der Waals surface area contributed by atoms with Crippen molar-refractivity contribution in [3.63, 3.8) is 0 Å². The summed E-state index contributed by atoms with van der Waals surface area (Å²) in [5, 5.41) is 0.889. The molecule has 0 spiro atoms. The van der Waals surface area contributed by atoms with Gasteiger partial charge in [-0.1, -0.05) is 58.6 Å². The van der Waals surface area contributed by atoms with Gasteiger partial charge in [0.05, 0.1) is 24.0 Å². The van der Waals surface area contributed by atoms with Gasteiger partial charge in [0.25, 0.3) is 0 Å². The van der Waals surface area contributed by atoms with Crippen molar-refractivity contribution in [3.8, 4) is 0 Å². The Labute approximate surface area is 196 Å². The van der Waals surface area contributed by atoms with Crippen LogP contribution in [0.3, 0.4) is 0 Å². The molecule has 1 unspecified atom stereocenters. The predicted molar refractivity (Wildman–Crippen MR) is 137 cm³/mol. The fraction of sp³-hybridized carbons (Fsp3) is 0.560. The van der Waals surface area contributed by atoms with Crippen molar-refractivity contribution in [2.45, 2.75) is 95.2 Å². The standard InChI is InChI=1S/C25H38O4SSi2/c1-25(2,3)32(7,8)29-22-16-12-15-19-20(17-21(26)24(19)31(4,5)6)23(22)30(27,28)18-13-10-9-11-14-18/h9-11,13-14,22H,12,15-17H2,1-8H3. The zero-order valence-corrected chi connectivity index (χ0v) is 23.7. The summed E-state index contributed by atoms with van der Waals surface area (Å²) in [7, 11) is -7.95. The van der Waals surface area contributed by atoms with Gasteiger partial charge >= 0.3 is 0 Å². The number of hydrogen-bond donors (Lipinski definition) is 0. The lowest BCUT2D eigenvalue weighted by Crippen LogP contribution is -2.45. The lowest BCUT2D eigenvalue weighted by molar-refractivity contribution is -0.114. The summed E-state index contributed by atoms with van der Waals surface area (Å²) >= 11 is 0. The largest absolute Gasteiger partial charge is 0.409 e. The fourth-order valence-electron chi connectivity index (χ4n) is 4.55. The van der Waals surface area contributed by atoms with E-state index in [9.17, 15) is 13.2 Å². The highest BCUT2D eigenvalue weighted by Gasteiger charge is 2.46. The minimum absolute atomic E-state index is 0.0424. The number of fused-ring (bicyclic) bond motifs is 1. The highest BCUT2D eigenvalue weighted by molar-refractivity contribution is 7.95. The molecule has 2 aliphatic carbocycles. The van der Waals surface area contributed by atoms with Crippen LogP contribution in [0.1, 0.15) is 46.5 Å². The number of carbonyl (C=O) groups excluding carboxylic acids is 1. The Balaban J connectivity index is 2.29. The van der Waals surface area contributed by atoms with Crippen LogP contribution >= 0.6 is 0 Å². The maximum Gasteiger partial charge on any atom is 0.205 e. The highest BCUT2D eigenvalue weighted by atomic mass is 32.2. The third-order valence-electron chi connectivity index (χ3n) is 7.10. The number of carbonyl (C=O) groups is 1. The second-order valence-corrected chi connectivity index (χ2v) is 23.3. The molecule has 0 saturated carbocycles. The first-order valence-corrected chi connectivity index (χ1v) is 19.4. The van der Waals surface area contributed by atoms with E-state index in [2.05, 4.69) is 53.5 Å². The Morgan fingerprint density at radius 3 is 2.09 bits per heavy atom. The molecule has 7 heteroatoms. The molecular formula is C25H38O4SSi2. The third-order valence-corrected chi connectivity index (χ3v) is 15.6. The summed E-state index contributed by atoms with van der Waals surface area (Å²) in [4.78, 5) is 13.8. The van der Waals surface area contributed by atoms with Crippen molar-refractivity contribution in [2.24, 2.45) is 0 Å². The van der Waals surface area contributed by atoms with E-state index in [1.165, 1.54) is 0 Å². The van der Waals surface area contributed by atoms with E-state index in [1.54, 1.807) is 24.3 Å². The number of allylic oxidation sites excluding steroid dienone is 3. The van der Waals surface area contributed by atoms with Crippen molar-refractivity contribution < 1.29 is 17.6 Å². The molecule has 4 nitrogen and oxygen atoms in total. The maximum atomic E-state index is 14.0. The van der Waals surface area contributed by atoms with Crippen LogP contribution in [0.15, 0.2) is 56.5 Å². The summed E-state index contributed by atoms with van der Waals surface area (Å²) in [6.07, 6.45) is 1.92. The third kappa shape index (κ3) is 4.67. The molecule has 176 valence electrons. The normalized spacial score (nSPS) is 21.1. The van der Waals surface area contributed by atoms with Crippen LogP contribution in [0, 0.1) is 0 Å². The Morgan fingerprint density at radius 2 is 1.56 bits per heavy atom. The zero-order chi connectivity index (χ0) is 24.1. The van der Waals surface area contributed by atoms with Crippen molar-refractivity contribution >= 4 is 32.0 Å². The molecule has 1 atom stereocenters. The second kappa shape index (κ2) is 8.49. The monoisotopic (exact) mass is 490 g/mol. The molecule has 0 radical (unpaired) electrons. The number of Topliss-reactive ketones (excluding diaryl/α,β-unsaturated/α-hetero) is 1. The second-order valence-electron chi connectivity index (χ2n) is 11.6. The molecular weight excluding hydrogens is 453 g/mol. The Hall–Kier alpha value is -1.29. The van der Waals surface area contributed by atoms with Crippen LogP contribution in [0.25, 0.3) is 0 Å². The lowest BCUT2D eigenvalue weighted by Gasteiger charge is -2.40. The van der Waals surface area contributed by atoms with E-state index in [0.29, 0.717) is 11.3 Å². The van der Waals surface area contributed by atoms with Crippen LogP contribution in [-0.2, 0) is 19.1 Å². The summed E-state index contributed by atoms with van der Waals surface area (Å²) < 4.78 is 34.9. The van der Waals surface area contributed by atoms with E-state index in [0.717, 1.165) is 29.2 Å². The van der Waals surface area contributed by atoms with Gasteiger partial charge in [0.15, 0.2) is 14.1 Å². The first-order chi connectivity index (χ1) is 14.6.